The number of amides is 1. The molecule has 39 heavy (non-hydrogen) atoms. The monoisotopic (exact) mass is 529 g/mol. The fraction of sp³-hybridized carbons (Fsp3) is 0.258. The number of anilines is 1. The second-order valence-electron chi connectivity index (χ2n) is 9.83. The second kappa shape index (κ2) is 11.4. The average Bonchev–Trinajstić information content (AvgIpc) is 3.17. The number of para-hydroxylation sites is 1. The number of carboxylic acid groups (broad SMARTS) is 1. The molecule has 1 heterocycles. The summed E-state index contributed by atoms with van der Waals surface area (Å²) in [6.45, 7) is 6.48. The molecule has 0 saturated carbocycles. The molecule has 0 aromatic heterocycles. The molecule has 8 heteroatoms. The number of carbonyl (C=O) groups is 3. The molecular weight excluding hydrogens is 498 g/mol. The number of hydrogen-bond donors (Lipinski definition) is 2. The maximum atomic E-state index is 13.5. The van der Waals surface area contributed by atoms with Crippen LogP contribution in [0.15, 0.2) is 72.3 Å². The topological polar surface area (TPSA) is 113 Å². The number of hydrogen-bond acceptors (Lipinski definition) is 6. The Kier molecular flexibility index (Phi) is 8.04. The van der Waals surface area contributed by atoms with Crippen LogP contribution < -0.4 is 14.4 Å². The number of methoxy groups -OCH3 is 1. The summed E-state index contributed by atoms with van der Waals surface area (Å²) in [5, 5.41) is 20.6. The zero-order valence-electron chi connectivity index (χ0n) is 22.3. The molecule has 3 aromatic rings. The summed E-state index contributed by atoms with van der Waals surface area (Å²) >= 11 is 0. The van der Waals surface area contributed by atoms with Gasteiger partial charge in [0, 0.05) is 16.8 Å². The van der Waals surface area contributed by atoms with Crippen molar-refractivity contribution in [2.45, 2.75) is 33.2 Å². The Balaban J connectivity index is 1.85. The van der Waals surface area contributed by atoms with E-state index in [9.17, 15) is 19.5 Å². The number of carbonyl (C=O) groups excluding carboxylic acids is 2. The van der Waals surface area contributed by atoms with Crippen molar-refractivity contribution in [1.29, 1.82) is 0 Å². The minimum absolute atomic E-state index is 0.0747. The molecule has 8 nitrogen and oxygen atoms in total. The van der Waals surface area contributed by atoms with E-state index in [0.717, 1.165) is 5.56 Å². The Morgan fingerprint density at radius 3 is 2.28 bits per heavy atom. The number of carboxylic acids is 1. The first-order chi connectivity index (χ1) is 18.6. The van der Waals surface area contributed by atoms with Gasteiger partial charge < -0.3 is 19.7 Å². The van der Waals surface area contributed by atoms with Gasteiger partial charge in [0.05, 0.1) is 31.8 Å². The van der Waals surface area contributed by atoms with Gasteiger partial charge in [-0.2, -0.15) is 0 Å². The van der Waals surface area contributed by atoms with Crippen molar-refractivity contribution in [2.24, 2.45) is 5.92 Å². The van der Waals surface area contributed by atoms with Gasteiger partial charge in [-0.15, -0.1) is 0 Å². The quantitative estimate of drug-likeness (QED) is 0.220. The van der Waals surface area contributed by atoms with Gasteiger partial charge in [0.25, 0.3) is 11.7 Å². The van der Waals surface area contributed by atoms with Crippen LogP contribution >= 0.6 is 0 Å². The van der Waals surface area contributed by atoms with Gasteiger partial charge in [-0.05, 0) is 60.4 Å². The highest BCUT2D eigenvalue weighted by atomic mass is 16.5. The maximum absolute atomic E-state index is 13.5. The lowest BCUT2D eigenvalue weighted by molar-refractivity contribution is -0.136. The molecule has 202 valence electrons. The molecule has 0 spiro atoms. The molecule has 0 bridgehead atoms. The first-order valence-corrected chi connectivity index (χ1v) is 12.6. The zero-order valence-corrected chi connectivity index (χ0v) is 22.3. The molecule has 1 unspecified atom stereocenters. The van der Waals surface area contributed by atoms with E-state index < -0.39 is 23.7 Å². The molecule has 2 N–H and O–H groups in total. The van der Waals surface area contributed by atoms with Crippen molar-refractivity contribution in [3.63, 3.8) is 0 Å². The van der Waals surface area contributed by atoms with E-state index in [0.29, 0.717) is 46.4 Å². The molecule has 1 saturated heterocycles. The highest BCUT2D eigenvalue weighted by Crippen LogP contribution is 2.45. The molecule has 1 atom stereocenters. The lowest BCUT2D eigenvalue weighted by Gasteiger charge is -2.26. The van der Waals surface area contributed by atoms with Gasteiger partial charge in [0.15, 0.2) is 0 Å². The van der Waals surface area contributed by atoms with Crippen molar-refractivity contribution in [3.05, 3.63) is 94.6 Å². The highest BCUT2D eigenvalue weighted by molar-refractivity contribution is 6.51. The second-order valence-corrected chi connectivity index (χ2v) is 9.83. The third-order valence-corrected chi connectivity index (χ3v) is 6.47. The van der Waals surface area contributed by atoms with Crippen molar-refractivity contribution in [2.75, 3.05) is 18.6 Å². The minimum Gasteiger partial charge on any atom is -0.507 e. The van der Waals surface area contributed by atoms with E-state index >= 15 is 0 Å². The minimum atomic E-state index is -0.983. The SMILES string of the molecule is COc1ccccc1C1/C(=C(\O)c2ccc(OCC(C)C)c(C)c2)C(=O)C(=O)N1c1ccc(CC(=O)O)cc1. The Morgan fingerprint density at radius 1 is 0.974 bits per heavy atom. The smallest absolute Gasteiger partial charge is 0.307 e. The summed E-state index contributed by atoms with van der Waals surface area (Å²) in [6, 6.07) is 17.5. The Morgan fingerprint density at radius 2 is 1.67 bits per heavy atom. The number of aryl methyl sites for hydroxylation is 1. The van der Waals surface area contributed by atoms with Crippen LogP contribution in [0.25, 0.3) is 5.76 Å². The summed E-state index contributed by atoms with van der Waals surface area (Å²) in [6.07, 6.45) is -0.175. The molecule has 1 amide bonds. The Hall–Kier alpha value is -4.59. The van der Waals surface area contributed by atoms with Crippen molar-refractivity contribution < 1.29 is 34.1 Å². The number of benzene rings is 3. The predicted octanol–water partition coefficient (Wildman–Crippen LogP) is 5.29. The van der Waals surface area contributed by atoms with Crippen molar-refractivity contribution in [3.8, 4) is 11.5 Å². The first-order valence-electron chi connectivity index (χ1n) is 12.6. The zero-order chi connectivity index (χ0) is 28.3. The van der Waals surface area contributed by atoms with Crippen molar-refractivity contribution in [1.82, 2.24) is 0 Å². The normalized spacial score (nSPS) is 16.5. The summed E-state index contributed by atoms with van der Waals surface area (Å²) in [7, 11) is 1.49. The Bertz CT molecular complexity index is 1440. The van der Waals surface area contributed by atoms with Crippen LogP contribution in [0.4, 0.5) is 5.69 Å². The third-order valence-electron chi connectivity index (χ3n) is 6.47. The van der Waals surface area contributed by atoms with Gasteiger partial charge in [-0.25, -0.2) is 0 Å². The van der Waals surface area contributed by atoms with Gasteiger partial charge in [0.1, 0.15) is 17.3 Å². The molecule has 4 rings (SSSR count). The molecule has 1 aliphatic heterocycles. The van der Waals surface area contributed by atoms with Crippen LogP contribution in [0.2, 0.25) is 0 Å². The lowest BCUT2D eigenvalue weighted by atomic mass is 9.94. The highest BCUT2D eigenvalue weighted by Gasteiger charge is 2.48. The fourth-order valence-electron chi connectivity index (χ4n) is 4.61. The third kappa shape index (κ3) is 5.65. The van der Waals surface area contributed by atoms with Crippen LogP contribution in [0, 0.1) is 12.8 Å². The van der Waals surface area contributed by atoms with Crippen molar-refractivity contribution >= 4 is 29.1 Å². The average molecular weight is 530 g/mol. The number of aliphatic carboxylic acids is 1. The number of nitrogens with zero attached hydrogens (tertiary/aromatic N) is 1. The summed E-state index contributed by atoms with van der Waals surface area (Å²) < 4.78 is 11.4. The fourth-order valence-corrected chi connectivity index (χ4v) is 4.61. The first kappa shape index (κ1) is 27.4. The molecule has 1 fully saturated rings. The number of aliphatic hydroxyl groups is 1. The summed E-state index contributed by atoms with van der Waals surface area (Å²) in [4.78, 5) is 39.3. The summed E-state index contributed by atoms with van der Waals surface area (Å²) in [5.74, 6) is -1.49. The van der Waals surface area contributed by atoms with Crippen LogP contribution in [-0.4, -0.2) is 41.6 Å². The molecule has 0 aliphatic carbocycles. The van der Waals surface area contributed by atoms with Gasteiger partial charge in [-0.3, -0.25) is 19.3 Å². The number of ketones is 1. The van der Waals surface area contributed by atoms with E-state index in [4.69, 9.17) is 14.6 Å². The van der Waals surface area contributed by atoms with Gasteiger partial charge in [-0.1, -0.05) is 44.2 Å². The Labute approximate surface area is 227 Å². The van der Waals surface area contributed by atoms with Gasteiger partial charge >= 0.3 is 5.97 Å². The van der Waals surface area contributed by atoms with E-state index in [1.54, 1.807) is 66.7 Å². The van der Waals surface area contributed by atoms with Crippen LogP contribution in [0.3, 0.4) is 0 Å². The molecule has 3 aromatic carbocycles. The molecular formula is C31H31NO7. The van der Waals surface area contributed by atoms with Gasteiger partial charge in [0.2, 0.25) is 0 Å². The molecule has 1 aliphatic rings. The van der Waals surface area contributed by atoms with E-state index in [1.807, 2.05) is 20.8 Å². The standard InChI is InChI=1S/C31H31NO7/c1-18(2)17-39-24-14-11-21(15-19(24)3)29(35)27-28(23-7-5-6-8-25(23)38-4)32(31(37)30(27)36)22-12-9-20(10-13-22)16-26(33)34/h5-15,18,28,35H,16-17H2,1-4H3,(H,33,34)/b29-27+. The number of aliphatic hydroxyl groups excluding tert-OH is 1. The predicted molar refractivity (Wildman–Crippen MR) is 147 cm³/mol. The van der Waals surface area contributed by atoms with Crippen LogP contribution in [0.5, 0.6) is 11.5 Å². The molecule has 0 radical (unpaired) electrons. The summed E-state index contributed by atoms with van der Waals surface area (Å²) in [5.41, 5.74) is 2.52. The van der Waals surface area contributed by atoms with E-state index in [1.165, 1.54) is 12.0 Å². The van der Waals surface area contributed by atoms with Crippen LogP contribution in [-0.2, 0) is 20.8 Å². The maximum Gasteiger partial charge on any atom is 0.307 e. The lowest BCUT2D eigenvalue weighted by Crippen LogP contribution is -2.29. The number of Topliss-reactive ketones (excluding diaryl/α,β-unsaturated/α-hetero) is 1. The number of ether oxygens (including phenoxy) is 2. The van der Waals surface area contributed by atoms with E-state index in [-0.39, 0.29) is 17.8 Å². The largest absolute Gasteiger partial charge is 0.507 e. The van der Waals surface area contributed by atoms with E-state index in [2.05, 4.69) is 0 Å². The van der Waals surface area contributed by atoms with Crippen LogP contribution in [0.1, 0.15) is 42.1 Å². The number of rotatable bonds is 9.